The molecule has 0 saturated carbocycles. The number of rotatable bonds is 4. The first-order chi connectivity index (χ1) is 10.9. The van der Waals surface area contributed by atoms with Gasteiger partial charge in [-0.1, -0.05) is 0 Å². The number of sulfonamides is 1. The highest BCUT2D eigenvalue weighted by Gasteiger charge is 2.32. The van der Waals surface area contributed by atoms with Gasteiger partial charge in [-0.15, -0.1) is 12.4 Å². The second kappa shape index (κ2) is 6.87. The predicted octanol–water partition coefficient (Wildman–Crippen LogP) is 0.529. The Morgan fingerprint density at radius 2 is 1.88 bits per heavy atom. The van der Waals surface area contributed by atoms with E-state index in [1.807, 2.05) is 7.05 Å². The van der Waals surface area contributed by atoms with Gasteiger partial charge in [0.25, 0.3) is 0 Å². The molecule has 1 atom stereocenters. The summed E-state index contributed by atoms with van der Waals surface area (Å²) < 4.78 is 30.2. The van der Waals surface area contributed by atoms with Crippen molar-refractivity contribution in [2.24, 2.45) is 20.0 Å². The lowest BCUT2D eigenvalue weighted by Gasteiger charge is -2.17. The average molecular weight is 375 g/mol. The SMILES string of the molecule is CNCC1CCN(S(=O)(=O)c2ccc3c(c2)n(C)c(=O)n3C)C1.Cl. The van der Waals surface area contributed by atoms with Crippen LogP contribution in [0.25, 0.3) is 11.0 Å². The zero-order valence-electron chi connectivity index (χ0n) is 14.0. The van der Waals surface area contributed by atoms with Gasteiger partial charge in [-0.25, -0.2) is 13.2 Å². The molecule has 0 spiro atoms. The van der Waals surface area contributed by atoms with Crippen LogP contribution < -0.4 is 11.0 Å². The summed E-state index contributed by atoms with van der Waals surface area (Å²) in [4.78, 5) is 12.2. The highest BCUT2D eigenvalue weighted by atomic mass is 35.5. The molecule has 1 aliphatic rings. The third kappa shape index (κ3) is 2.99. The van der Waals surface area contributed by atoms with Crippen molar-refractivity contribution in [3.63, 3.8) is 0 Å². The van der Waals surface area contributed by atoms with Gasteiger partial charge in [-0.2, -0.15) is 4.31 Å². The summed E-state index contributed by atoms with van der Waals surface area (Å²) in [5, 5.41) is 3.10. The molecular formula is C15H23ClN4O3S. The van der Waals surface area contributed by atoms with Crippen LogP contribution in [0.3, 0.4) is 0 Å². The summed E-state index contributed by atoms with van der Waals surface area (Å²) in [5.74, 6) is 0.347. The molecule has 0 amide bonds. The summed E-state index contributed by atoms with van der Waals surface area (Å²) in [6.07, 6.45) is 0.867. The second-order valence-electron chi connectivity index (χ2n) is 6.13. The number of hydrogen-bond donors (Lipinski definition) is 1. The number of imidazole rings is 1. The molecule has 1 fully saturated rings. The molecule has 9 heteroatoms. The molecule has 7 nitrogen and oxygen atoms in total. The molecule has 1 N–H and O–H groups in total. The van der Waals surface area contributed by atoms with Crippen molar-refractivity contribution in [1.82, 2.24) is 18.8 Å². The number of hydrogen-bond acceptors (Lipinski definition) is 4. The molecular weight excluding hydrogens is 352 g/mol. The highest BCUT2D eigenvalue weighted by Crippen LogP contribution is 2.26. The van der Waals surface area contributed by atoms with E-state index in [-0.39, 0.29) is 23.0 Å². The number of nitrogens with one attached hydrogen (secondary N) is 1. The molecule has 2 aromatic rings. The van der Waals surface area contributed by atoms with Crippen LogP contribution in [-0.4, -0.2) is 48.5 Å². The summed E-state index contributed by atoms with van der Waals surface area (Å²) in [7, 11) is 1.69. The predicted molar refractivity (Wildman–Crippen MR) is 96.2 cm³/mol. The molecule has 0 aliphatic carbocycles. The van der Waals surface area contributed by atoms with Crippen LogP contribution in [-0.2, 0) is 24.1 Å². The zero-order chi connectivity index (χ0) is 16.8. The third-order valence-corrected chi connectivity index (χ3v) is 6.48. The quantitative estimate of drug-likeness (QED) is 0.847. The van der Waals surface area contributed by atoms with Crippen LogP contribution in [0.15, 0.2) is 27.9 Å². The number of benzene rings is 1. The molecule has 24 heavy (non-hydrogen) atoms. The van der Waals surface area contributed by atoms with Gasteiger partial charge in [0.2, 0.25) is 10.0 Å². The van der Waals surface area contributed by atoms with Crippen molar-refractivity contribution in [2.75, 3.05) is 26.7 Å². The fourth-order valence-electron chi connectivity index (χ4n) is 3.27. The van der Waals surface area contributed by atoms with Crippen LogP contribution in [0.2, 0.25) is 0 Å². The fraction of sp³-hybridized carbons (Fsp3) is 0.533. The maximum atomic E-state index is 12.8. The minimum absolute atomic E-state index is 0. The topological polar surface area (TPSA) is 76.3 Å². The largest absolute Gasteiger partial charge is 0.328 e. The van der Waals surface area contributed by atoms with Crippen molar-refractivity contribution < 1.29 is 8.42 Å². The Morgan fingerprint density at radius 3 is 2.54 bits per heavy atom. The van der Waals surface area contributed by atoms with Gasteiger partial charge >= 0.3 is 5.69 Å². The van der Waals surface area contributed by atoms with Crippen LogP contribution >= 0.6 is 12.4 Å². The molecule has 1 aliphatic heterocycles. The highest BCUT2D eigenvalue weighted by molar-refractivity contribution is 7.89. The molecule has 1 saturated heterocycles. The molecule has 1 aromatic heterocycles. The van der Waals surface area contributed by atoms with E-state index >= 15 is 0 Å². The first-order valence-electron chi connectivity index (χ1n) is 7.66. The van der Waals surface area contributed by atoms with Gasteiger partial charge < -0.3 is 5.32 Å². The minimum atomic E-state index is -3.52. The lowest BCUT2D eigenvalue weighted by atomic mass is 10.1. The van der Waals surface area contributed by atoms with E-state index in [1.165, 1.54) is 13.4 Å². The first-order valence-corrected chi connectivity index (χ1v) is 9.10. The van der Waals surface area contributed by atoms with Crippen LogP contribution in [0.5, 0.6) is 0 Å². The van der Waals surface area contributed by atoms with E-state index in [2.05, 4.69) is 5.32 Å². The van der Waals surface area contributed by atoms with Gasteiger partial charge in [0.1, 0.15) is 0 Å². The molecule has 3 rings (SSSR count). The van der Waals surface area contributed by atoms with Gasteiger partial charge in [-0.05, 0) is 44.1 Å². The number of aryl methyl sites for hydroxylation is 2. The van der Waals surface area contributed by atoms with E-state index in [1.54, 1.807) is 32.3 Å². The maximum Gasteiger partial charge on any atom is 0.328 e. The normalized spacial score (nSPS) is 18.9. The fourth-order valence-corrected chi connectivity index (χ4v) is 4.82. The van der Waals surface area contributed by atoms with Crippen molar-refractivity contribution in [2.45, 2.75) is 11.3 Å². The van der Waals surface area contributed by atoms with Gasteiger partial charge in [-0.3, -0.25) is 9.13 Å². The Hall–Kier alpha value is -1.35. The Labute approximate surface area is 147 Å². The smallest absolute Gasteiger partial charge is 0.319 e. The monoisotopic (exact) mass is 374 g/mol. The molecule has 1 unspecified atom stereocenters. The van der Waals surface area contributed by atoms with Crippen molar-refractivity contribution >= 4 is 33.5 Å². The Bertz CT molecular complexity index is 903. The van der Waals surface area contributed by atoms with Crippen LogP contribution in [0.1, 0.15) is 6.42 Å². The minimum Gasteiger partial charge on any atom is -0.319 e. The van der Waals surface area contributed by atoms with E-state index in [9.17, 15) is 13.2 Å². The first kappa shape index (κ1) is 19.0. The molecule has 2 heterocycles. The summed E-state index contributed by atoms with van der Waals surface area (Å²) in [5.41, 5.74) is 1.19. The van der Waals surface area contributed by atoms with Crippen molar-refractivity contribution in [3.05, 3.63) is 28.7 Å². The Balaban J connectivity index is 0.00000208. The van der Waals surface area contributed by atoms with Crippen LogP contribution in [0.4, 0.5) is 0 Å². The second-order valence-corrected chi connectivity index (χ2v) is 8.06. The van der Waals surface area contributed by atoms with E-state index in [4.69, 9.17) is 0 Å². The number of aromatic nitrogens is 2. The molecule has 0 radical (unpaired) electrons. The Kier molecular flexibility index (Phi) is 5.44. The van der Waals surface area contributed by atoms with E-state index in [0.29, 0.717) is 24.5 Å². The van der Waals surface area contributed by atoms with Crippen molar-refractivity contribution in [1.29, 1.82) is 0 Å². The van der Waals surface area contributed by atoms with Gasteiger partial charge in [0.05, 0.1) is 15.9 Å². The average Bonchev–Trinajstić information content (AvgIpc) is 3.08. The third-order valence-electron chi connectivity index (χ3n) is 4.62. The molecule has 134 valence electrons. The zero-order valence-corrected chi connectivity index (χ0v) is 15.7. The summed E-state index contributed by atoms with van der Waals surface area (Å²) >= 11 is 0. The number of halogens is 1. The standard InChI is InChI=1S/C15H22N4O3S.ClH/c1-16-9-11-6-7-19(10-11)23(21,22)12-4-5-13-14(8-12)18(3)15(20)17(13)2;/h4-5,8,11,16H,6-7,9-10H2,1-3H3;1H. The lowest BCUT2D eigenvalue weighted by molar-refractivity contribution is 0.451. The summed E-state index contributed by atoms with van der Waals surface area (Å²) in [6, 6.07) is 4.88. The van der Waals surface area contributed by atoms with Crippen molar-refractivity contribution in [3.8, 4) is 0 Å². The lowest BCUT2D eigenvalue weighted by Crippen LogP contribution is -2.30. The van der Waals surface area contributed by atoms with Gasteiger partial charge in [0.15, 0.2) is 0 Å². The number of nitrogens with zero attached hydrogens (tertiary/aromatic N) is 3. The molecule has 0 bridgehead atoms. The number of fused-ring (bicyclic) bond motifs is 1. The Morgan fingerprint density at radius 1 is 1.21 bits per heavy atom. The maximum absolute atomic E-state index is 12.8. The molecule has 1 aromatic carbocycles. The summed E-state index contributed by atoms with van der Waals surface area (Å²) in [6.45, 7) is 1.90. The van der Waals surface area contributed by atoms with E-state index < -0.39 is 10.0 Å². The van der Waals surface area contributed by atoms with Crippen LogP contribution in [0, 0.1) is 5.92 Å². The van der Waals surface area contributed by atoms with E-state index in [0.717, 1.165) is 18.5 Å². The van der Waals surface area contributed by atoms with Gasteiger partial charge in [0, 0.05) is 27.2 Å².